The van der Waals surface area contributed by atoms with E-state index < -0.39 is 0 Å². The fourth-order valence-electron chi connectivity index (χ4n) is 1.17. The quantitative estimate of drug-likeness (QED) is 0.625. The Bertz CT molecular complexity index is 382. The molecule has 16 heavy (non-hydrogen) atoms. The van der Waals surface area contributed by atoms with Crippen LogP contribution in [0.25, 0.3) is 0 Å². The molecule has 0 fully saturated rings. The van der Waals surface area contributed by atoms with Gasteiger partial charge in [0.1, 0.15) is 5.75 Å². The summed E-state index contributed by atoms with van der Waals surface area (Å²) in [6, 6.07) is 7.42. The maximum absolute atomic E-state index is 11.0. The van der Waals surface area contributed by atoms with Crippen molar-refractivity contribution in [2.24, 2.45) is 0 Å². The Labute approximate surface area is 94.9 Å². The van der Waals surface area contributed by atoms with E-state index in [9.17, 15) is 4.79 Å². The molecule has 0 bridgehead atoms. The molecule has 1 rings (SSSR count). The molecule has 0 aliphatic heterocycles. The van der Waals surface area contributed by atoms with Crippen LogP contribution in [-0.2, 0) is 9.53 Å². The van der Waals surface area contributed by atoms with Crippen LogP contribution in [0.3, 0.4) is 0 Å². The summed E-state index contributed by atoms with van der Waals surface area (Å²) in [5.41, 5.74) is 1.61. The van der Waals surface area contributed by atoms with Gasteiger partial charge in [0, 0.05) is 17.5 Å². The molecule has 0 radical (unpaired) electrons. The number of hydrogen-bond acceptors (Lipinski definition) is 4. The third kappa shape index (κ3) is 3.65. The zero-order valence-electron chi connectivity index (χ0n) is 9.61. The second kappa shape index (κ2) is 5.80. The normalized spacial score (nSPS) is 10.8. The van der Waals surface area contributed by atoms with Crippen molar-refractivity contribution in [2.75, 3.05) is 19.5 Å². The third-order valence-electron chi connectivity index (χ3n) is 1.97. The van der Waals surface area contributed by atoms with Gasteiger partial charge < -0.3 is 14.8 Å². The molecule has 4 nitrogen and oxygen atoms in total. The average molecular weight is 221 g/mol. The molecule has 0 aliphatic carbocycles. The molecule has 0 unspecified atom stereocenters. The standard InChI is InChI=1S/C12H15NO3/c1-9(8-12(14)16-3)13-10-4-6-11(15-2)7-5-10/h4-8,13H,1-3H3. The number of nitrogens with one attached hydrogen (secondary N) is 1. The highest BCUT2D eigenvalue weighted by molar-refractivity contribution is 5.83. The Morgan fingerprint density at radius 1 is 1.25 bits per heavy atom. The molecule has 1 aromatic rings. The first-order valence-electron chi connectivity index (χ1n) is 4.83. The van der Waals surface area contributed by atoms with Crippen molar-refractivity contribution in [3.05, 3.63) is 36.0 Å². The lowest BCUT2D eigenvalue weighted by Gasteiger charge is -2.07. The molecule has 86 valence electrons. The van der Waals surface area contributed by atoms with Crippen LogP contribution in [0.1, 0.15) is 6.92 Å². The Balaban J connectivity index is 2.66. The number of esters is 1. The SMILES string of the molecule is COC(=O)C=C(C)Nc1ccc(OC)cc1. The van der Waals surface area contributed by atoms with E-state index in [2.05, 4.69) is 10.1 Å². The Morgan fingerprint density at radius 2 is 1.88 bits per heavy atom. The number of hydrogen-bond donors (Lipinski definition) is 1. The van der Waals surface area contributed by atoms with E-state index in [1.54, 1.807) is 14.0 Å². The lowest BCUT2D eigenvalue weighted by atomic mass is 10.3. The summed E-state index contributed by atoms with van der Waals surface area (Å²) in [4.78, 5) is 11.0. The minimum atomic E-state index is -0.376. The lowest BCUT2D eigenvalue weighted by Crippen LogP contribution is -2.01. The van der Waals surface area contributed by atoms with E-state index in [4.69, 9.17) is 4.74 Å². The van der Waals surface area contributed by atoms with E-state index in [-0.39, 0.29) is 5.97 Å². The van der Waals surface area contributed by atoms with Crippen LogP contribution in [0, 0.1) is 0 Å². The summed E-state index contributed by atoms with van der Waals surface area (Å²) < 4.78 is 9.56. The van der Waals surface area contributed by atoms with Crippen molar-refractivity contribution in [1.29, 1.82) is 0 Å². The first kappa shape index (κ1) is 12.1. The van der Waals surface area contributed by atoms with Gasteiger partial charge in [-0.25, -0.2) is 4.79 Å². The van der Waals surface area contributed by atoms with Gasteiger partial charge in [-0.3, -0.25) is 0 Å². The van der Waals surface area contributed by atoms with Crippen molar-refractivity contribution < 1.29 is 14.3 Å². The molecular formula is C12H15NO3. The van der Waals surface area contributed by atoms with Crippen LogP contribution in [-0.4, -0.2) is 20.2 Å². The van der Waals surface area contributed by atoms with E-state index in [1.165, 1.54) is 13.2 Å². The second-order valence-electron chi connectivity index (χ2n) is 3.20. The highest BCUT2D eigenvalue weighted by Gasteiger charge is 1.98. The van der Waals surface area contributed by atoms with Gasteiger partial charge in [0.2, 0.25) is 0 Å². The zero-order chi connectivity index (χ0) is 12.0. The van der Waals surface area contributed by atoms with Crippen molar-refractivity contribution in [3.8, 4) is 5.75 Å². The summed E-state index contributed by atoms with van der Waals surface area (Å²) in [5, 5.41) is 3.06. The van der Waals surface area contributed by atoms with Crippen molar-refractivity contribution in [2.45, 2.75) is 6.92 Å². The predicted octanol–water partition coefficient (Wildman–Crippen LogP) is 2.18. The van der Waals surface area contributed by atoms with E-state index in [0.29, 0.717) is 0 Å². The van der Waals surface area contributed by atoms with Crippen molar-refractivity contribution >= 4 is 11.7 Å². The van der Waals surface area contributed by atoms with Gasteiger partial charge in [-0.2, -0.15) is 0 Å². The fourth-order valence-corrected chi connectivity index (χ4v) is 1.17. The number of benzene rings is 1. The molecular weight excluding hydrogens is 206 g/mol. The molecule has 1 aromatic carbocycles. The predicted molar refractivity (Wildman–Crippen MR) is 62.4 cm³/mol. The summed E-state index contributed by atoms with van der Waals surface area (Å²) in [7, 11) is 2.96. The molecule has 0 aliphatic rings. The average Bonchev–Trinajstić information content (AvgIpc) is 2.29. The van der Waals surface area contributed by atoms with Crippen LogP contribution in [0.4, 0.5) is 5.69 Å². The summed E-state index contributed by atoms with van der Waals surface area (Å²) >= 11 is 0. The van der Waals surface area contributed by atoms with Crippen molar-refractivity contribution in [3.63, 3.8) is 0 Å². The van der Waals surface area contributed by atoms with Gasteiger partial charge in [0.15, 0.2) is 0 Å². The van der Waals surface area contributed by atoms with Crippen LogP contribution in [0.5, 0.6) is 5.75 Å². The molecule has 0 saturated heterocycles. The van der Waals surface area contributed by atoms with Gasteiger partial charge in [-0.15, -0.1) is 0 Å². The number of allylic oxidation sites excluding steroid dienone is 1. The maximum atomic E-state index is 11.0. The number of anilines is 1. The molecule has 0 amide bonds. The highest BCUT2D eigenvalue weighted by Crippen LogP contribution is 2.16. The highest BCUT2D eigenvalue weighted by atomic mass is 16.5. The maximum Gasteiger partial charge on any atom is 0.332 e. The molecule has 1 N–H and O–H groups in total. The number of carbonyl (C=O) groups excluding carboxylic acids is 1. The zero-order valence-corrected chi connectivity index (χ0v) is 9.61. The van der Waals surface area contributed by atoms with Crippen LogP contribution < -0.4 is 10.1 Å². The number of rotatable bonds is 4. The van der Waals surface area contributed by atoms with Gasteiger partial charge in [0.25, 0.3) is 0 Å². The first-order chi connectivity index (χ1) is 7.65. The van der Waals surface area contributed by atoms with Gasteiger partial charge in [-0.05, 0) is 31.2 Å². The van der Waals surface area contributed by atoms with E-state index in [1.807, 2.05) is 24.3 Å². The topological polar surface area (TPSA) is 47.6 Å². The lowest BCUT2D eigenvalue weighted by molar-refractivity contribution is -0.134. The van der Waals surface area contributed by atoms with Crippen LogP contribution in [0.2, 0.25) is 0 Å². The molecule has 0 heterocycles. The number of ether oxygens (including phenoxy) is 2. The van der Waals surface area contributed by atoms with Crippen LogP contribution >= 0.6 is 0 Å². The van der Waals surface area contributed by atoms with Crippen molar-refractivity contribution in [1.82, 2.24) is 0 Å². The van der Waals surface area contributed by atoms with Gasteiger partial charge in [0.05, 0.1) is 14.2 Å². The second-order valence-corrected chi connectivity index (χ2v) is 3.20. The molecule has 0 spiro atoms. The molecule has 0 aromatic heterocycles. The Morgan fingerprint density at radius 3 is 2.38 bits per heavy atom. The smallest absolute Gasteiger partial charge is 0.332 e. The summed E-state index contributed by atoms with van der Waals surface area (Å²) in [5.74, 6) is 0.415. The minimum absolute atomic E-state index is 0.376. The summed E-state index contributed by atoms with van der Waals surface area (Å²) in [6.45, 7) is 1.79. The fraction of sp³-hybridized carbons (Fsp3) is 0.250. The largest absolute Gasteiger partial charge is 0.497 e. The minimum Gasteiger partial charge on any atom is -0.497 e. The monoisotopic (exact) mass is 221 g/mol. The molecule has 0 saturated carbocycles. The molecule has 4 heteroatoms. The van der Waals surface area contributed by atoms with Crippen LogP contribution in [0.15, 0.2) is 36.0 Å². The first-order valence-corrected chi connectivity index (χ1v) is 4.83. The molecule has 0 atom stereocenters. The van der Waals surface area contributed by atoms with E-state index >= 15 is 0 Å². The third-order valence-corrected chi connectivity index (χ3v) is 1.97. The van der Waals surface area contributed by atoms with Gasteiger partial charge >= 0.3 is 5.97 Å². The van der Waals surface area contributed by atoms with Gasteiger partial charge in [-0.1, -0.05) is 0 Å². The number of carbonyl (C=O) groups is 1. The Kier molecular flexibility index (Phi) is 4.39. The number of methoxy groups -OCH3 is 2. The Hall–Kier alpha value is -1.97. The van der Waals surface area contributed by atoms with E-state index in [0.717, 1.165) is 17.1 Å². The summed E-state index contributed by atoms with van der Waals surface area (Å²) in [6.07, 6.45) is 1.39.